The topological polar surface area (TPSA) is 103 Å². The van der Waals surface area contributed by atoms with Crippen LogP contribution in [0.2, 0.25) is 5.02 Å². The van der Waals surface area contributed by atoms with Gasteiger partial charge in [0.2, 0.25) is 0 Å². The molecule has 4 saturated heterocycles. The fraction of sp³-hybridized carbons (Fsp3) is 0.452. The van der Waals surface area contributed by atoms with Crippen molar-refractivity contribution >= 4 is 54.7 Å². The number of benzene rings is 2. The maximum atomic E-state index is 14.6. The molecular weight excluding hydrogens is 592 g/mol. The number of ether oxygens (including phenoxy) is 1. The summed E-state index contributed by atoms with van der Waals surface area (Å²) in [6, 6.07) is 10.6. The number of nitriles is 1. The van der Waals surface area contributed by atoms with Gasteiger partial charge in [0.25, 0.3) is 0 Å². The lowest BCUT2D eigenvalue weighted by atomic mass is 9.97. The van der Waals surface area contributed by atoms with Gasteiger partial charge in [-0.2, -0.15) is 15.2 Å². The molecule has 2 aromatic heterocycles. The molecule has 4 aliphatic rings. The van der Waals surface area contributed by atoms with Crippen LogP contribution in [0.25, 0.3) is 32.1 Å². The number of hydrogen-bond donors (Lipinski definition) is 2. The standard InChI is InChI=1S/C24H20ClFN6OS.C7H12FN/c1-33-24-30-19-7-14(13-4-5-18(26)21-20(13)16(8-27)22(28)34-21)17(25)6-15(19)23(31-24)32-9-11-2-3-12(10-32)29-11;8-6-4-7-2-1-3-9(7)5-6/h4-7,11-12,29H,2-3,9-10,28H2,1H3;6-7H,1-5H2/t;6-,7?/m.1/s1. The number of piperazine rings is 1. The number of halogens is 3. The van der Waals surface area contributed by atoms with Crippen molar-refractivity contribution in [2.45, 2.75) is 56.4 Å². The van der Waals surface area contributed by atoms with Crippen LogP contribution < -0.4 is 20.7 Å². The van der Waals surface area contributed by atoms with Gasteiger partial charge in [-0.25, -0.2) is 8.78 Å². The van der Waals surface area contributed by atoms with E-state index in [1.165, 1.54) is 18.9 Å². The maximum absolute atomic E-state index is 14.6. The lowest BCUT2D eigenvalue weighted by Gasteiger charge is -2.34. The molecule has 6 heterocycles. The molecule has 0 radical (unpaired) electrons. The van der Waals surface area contributed by atoms with E-state index >= 15 is 0 Å². The van der Waals surface area contributed by atoms with Gasteiger partial charge >= 0.3 is 6.01 Å². The van der Waals surface area contributed by atoms with E-state index in [1.54, 1.807) is 13.2 Å². The summed E-state index contributed by atoms with van der Waals surface area (Å²) in [6.45, 7) is 3.56. The Morgan fingerprint density at radius 3 is 2.65 bits per heavy atom. The van der Waals surface area contributed by atoms with Crippen LogP contribution in [0.5, 0.6) is 6.01 Å². The smallest absolute Gasteiger partial charge is 0.318 e. The fourth-order valence-electron chi connectivity index (χ4n) is 7.17. The third-order valence-corrected chi connectivity index (χ3v) is 10.5. The monoisotopic (exact) mass is 623 g/mol. The Hall–Kier alpha value is -3.30. The van der Waals surface area contributed by atoms with E-state index in [9.17, 15) is 14.0 Å². The maximum Gasteiger partial charge on any atom is 0.318 e. The molecule has 4 atom stereocenters. The highest BCUT2D eigenvalue weighted by Gasteiger charge is 2.35. The Morgan fingerprint density at radius 2 is 1.93 bits per heavy atom. The van der Waals surface area contributed by atoms with E-state index in [1.807, 2.05) is 12.1 Å². The van der Waals surface area contributed by atoms with Gasteiger partial charge < -0.3 is 20.7 Å². The Kier molecular flexibility index (Phi) is 7.50. The SMILES string of the molecule is COc1nc(N2CC3CCC(C2)N3)c2cc(Cl)c(-c3ccc(F)c4sc(N)c(C#N)c34)cc2n1.F[C@@H]1CC2CCCN2C1. The third kappa shape index (κ3) is 5.14. The van der Waals surface area contributed by atoms with E-state index in [2.05, 4.69) is 31.2 Å². The number of nitrogen functional groups attached to an aromatic ring is 1. The highest BCUT2D eigenvalue weighted by atomic mass is 35.5. The molecule has 43 heavy (non-hydrogen) atoms. The number of nitrogens with zero attached hydrogens (tertiary/aromatic N) is 5. The van der Waals surface area contributed by atoms with Crippen molar-refractivity contribution in [3.8, 4) is 23.2 Å². The molecule has 0 saturated carbocycles. The summed E-state index contributed by atoms with van der Waals surface area (Å²) in [5.74, 6) is 0.365. The van der Waals surface area contributed by atoms with E-state index < -0.39 is 12.0 Å². The zero-order chi connectivity index (χ0) is 29.8. The molecule has 3 unspecified atom stereocenters. The Balaban J connectivity index is 0.000000283. The van der Waals surface area contributed by atoms with E-state index in [-0.39, 0.29) is 16.6 Å². The average Bonchev–Trinajstić information content (AvgIpc) is 3.75. The normalized spacial score (nSPS) is 24.7. The fourth-order valence-corrected chi connectivity index (χ4v) is 8.39. The van der Waals surface area contributed by atoms with Crippen LogP contribution in [0, 0.1) is 17.1 Å². The quantitative estimate of drug-likeness (QED) is 0.291. The summed E-state index contributed by atoms with van der Waals surface area (Å²) in [5, 5.41) is 15.3. The number of aromatic nitrogens is 2. The van der Waals surface area contributed by atoms with Gasteiger partial charge in [-0.15, -0.1) is 11.3 Å². The molecule has 0 aliphatic carbocycles. The highest BCUT2D eigenvalue weighted by Crippen LogP contribution is 2.44. The van der Waals surface area contributed by atoms with Crippen molar-refractivity contribution < 1.29 is 13.5 Å². The lowest BCUT2D eigenvalue weighted by molar-refractivity contribution is 0.292. The molecule has 4 fully saturated rings. The van der Waals surface area contributed by atoms with Crippen LogP contribution >= 0.6 is 22.9 Å². The van der Waals surface area contributed by atoms with Crippen LogP contribution in [0.15, 0.2) is 24.3 Å². The number of thiophene rings is 1. The summed E-state index contributed by atoms with van der Waals surface area (Å²) in [6.07, 6.45) is 5.11. The minimum Gasteiger partial charge on any atom is -0.467 e. The Morgan fingerprint density at radius 1 is 1.14 bits per heavy atom. The summed E-state index contributed by atoms with van der Waals surface area (Å²) >= 11 is 7.87. The predicted molar refractivity (Wildman–Crippen MR) is 167 cm³/mol. The van der Waals surface area contributed by atoms with Gasteiger partial charge in [-0.1, -0.05) is 17.7 Å². The van der Waals surface area contributed by atoms with Crippen LogP contribution in [-0.2, 0) is 0 Å². The molecule has 4 aromatic rings. The molecule has 8 rings (SSSR count). The van der Waals surface area contributed by atoms with Crippen molar-refractivity contribution in [2.24, 2.45) is 0 Å². The van der Waals surface area contributed by atoms with E-state index in [0.29, 0.717) is 56.4 Å². The second-order valence-corrected chi connectivity index (χ2v) is 13.3. The Labute approximate surface area is 257 Å². The third-order valence-electron chi connectivity index (χ3n) is 9.12. The average molecular weight is 624 g/mol. The van der Waals surface area contributed by atoms with Gasteiger partial charge in [0, 0.05) is 59.1 Å². The first kappa shape index (κ1) is 28.5. The van der Waals surface area contributed by atoms with Gasteiger partial charge in [-0.3, -0.25) is 4.90 Å². The zero-order valence-corrected chi connectivity index (χ0v) is 25.3. The summed E-state index contributed by atoms with van der Waals surface area (Å²) in [5.41, 5.74) is 8.21. The van der Waals surface area contributed by atoms with E-state index in [4.69, 9.17) is 22.1 Å². The second-order valence-electron chi connectivity index (χ2n) is 11.8. The first-order valence-electron chi connectivity index (χ1n) is 14.7. The number of fused-ring (bicyclic) bond motifs is 5. The number of hydrogen-bond acceptors (Lipinski definition) is 9. The second kappa shape index (κ2) is 11.3. The minimum atomic E-state index is -0.518. The van der Waals surface area contributed by atoms with Gasteiger partial charge in [0.05, 0.1) is 22.9 Å². The van der Waals surface area contributed by atoms with Crippen molar-refractivity contribution in [1.82, 2.24) is 20.2 Å². The van der Waals surface area contributed by atoms with Crippen molar-refractivity contribution in [1.29, 1.82) is 5.26 Å². The molecule has 0 amide bonds. The number of methoxy groups -OCH3 is 1. The summed E-state index contributed by atoms with van der Waals surface area (Å²) in [7, 11) is 1.54. The van der Waals surface area contributed by atoms with Crippen molar-refractivity contribution in [3.05, 3.63) is 40.7 Å². The molecule has 0 spiro atoms. The lowest BCUT2D eigenvalue weighted by Crippen LogP contribution is -2.51. The van der Waals surface area contributed by atoms with Gasteiger partial charge in [-0.05, 0) is 62.4 Å². The van der Waals surface area contributed by atoms with Crippen LogP contribution in [0.1, 0.15) is 37.7 Å². The molecule has 224 valence electrons. The van der Waals surface area contributed by atoms with Crippen LogP contribution in [0.3, 0.4) is 0 Å². The molecule has 2 bridgehead atoms. The first-order valence-corrected chi connectivity index (χ1v) is 15.9. The van der Waals surface area contributed by atoms with Crippen molar-refractivity contribution in [3.63, 3.8) is 0 Å². The summed E-state index contributed by atoms with van der Waals surface area (Å²) in [4.78, 5) is 13.8. The number of nitrogens with two attached hydrogens (primary N) is 1. The highest BCUT2D eigenvalue weighted by molar-refractivity contribution is 7.23. The molecule has 3 N–H and O–H groups in total. The zero-order valence-electron chi connectivity index (χ0n) is 23.7. The number of anilines is 2. The van der Waals surface area contributed by atoms with Gasteiger partial charge in [0.1, 0.15) is 28.9 Å². The van der Waals surface area contributed by atoms with Crippen LogP contribution in [0.4, 0.5) is 19.6 Å². The minimum absolute atomic E-state index is 0.253. The number of nitrogens with one attached hydrogen (secondary N) is 1. The number of rotatable bonds is 3. The Bertz CT molecular complexity index is 1740. The number of alkyl halides is 1. The predicted octanol–water partition coefficient (Wildman–Crippen LogP) is 5.90. The molecule has 2 aromatic carbocycles. The molecule has 8 nitrogen and oxygen atoms in total. The van der Waals surface area contributed by atoms with Crippen molar-refractivity contribution in [2.75, 3.05) is 43.9 Å². The first-order chi connectivity index (χ1) is 20.8. The van der Waals surface area contributed by atoms with Crippen LogP contribution in [-0.4, -0.2) is 72.5 Å². The molecular formula is C31H32ClF2N7OS. The van der Waals surface area contributed by atoms with E-state index in [0.717, 1.165) is 61.4 Å². The molecule has 4 aliphatic heterocycles. The summed E-state index contributed by atoms with van der Waals surface area (Å²) < 4.78 is 32.9. The van der Waals surface area contributed by atoms with Gasteiger partial charge in [0.15, 0.2) is 0 Å². The molecule has 12 heteroatoms. The largest absolute Gasteiger partial charge is 0.467 e.